The summed E-state index contributed by atoms with van der Waals surface area (Å²) in [6.07, 6.45) is 0. The van der Waals surface area contributed by atoms with Crippen LogP contribution in [0.1, 0.15) is 22.8 Å². The van der Waals surface area contributed by atoms with Crippen LogP contribution >= 0.6 is 22.9 Å². The Morgan fingerprint density at radius 2 is 1.70 bits per heavy atom. The third-order valence-corrected chi connectivity index (χ3v) is 6.08. The predicted octanol–water partition coefficient (Wildman–Crippen LogP) is 6.81. The number of alkyl halides is 1. The molecule has 0 saturated heterocycles. The quantitative estimate of drug-likeness (QED) is 0.235. The number of ether oxygens (including phenoxy) is 2. The number of rotatable bonds is 7. The molecule has 1 atom stereocenters. The highest BCUT2D eigenvalue weighted by molar-refractivity contribution is 7.22. The lowest BCUT2D eigenvalue weighted by molar-refractivity contribution is 0.104. The molecule has 0 radical (unpaired) electrons. The zero-order valence-corrected chi connectivity index (χ0v) is 18.3. The maximum absolute atomic E-state index is 13.6. The highest BCUT2D eigenvalue weighted by Gasteiger charge is 2.22. The number of halogens is 1. The van der Waals surface area contributed by atoms with E-state index in [1.165, 1.54) is 0 Å². The first-order chi connectivity index (χ1) is 14.6. The zero-order valence-electron chi connectivity index (χ0n) is 16.7. The van der Waals surface area contributed by atoms with Gasteiger partial charge in [0.1, 0.15) is 18.1 Å². The molecule has 0 saturated carbocycles. The normalized spacial score (nSPS) is 12.0. The van der Waals surface area contributed by atoms with Crippen molar-refractivity contribution in [2.45, 2.75) is 12.3 Å². The number of ketones is 1. The Balaban J connectivity index is 1.77. The van der Waals surface area contributed by atoms with Crippen LogP contribution in [0, 0.1) is 0 Å². The summed E-state index contributed by atoms with van der Waals surface area (Å²) in [5.41, 5.74) is 2.36. The van der Waals surface area contributed by atoms with Gasteiger partial charge in [-0.1, -0.05) is 30.3 Å². The van der Waals surface area contributed by atoms with Crippen molar-refractivity contribution in [1.82, 2.24) is 0 Å². The van der Waals surface area contributed by atoms with Gasteiger partial charge >= 0.3 is 0 Å². The molecular weight excluding hydrogens is 416 g/mol. The molecule has 0 fully saturated rings. The van der Waals surface area contributed by atoms with Crippen molar-refractivity contribution in [3.63, 3.8) is 0 Å². The summed E-state index contributed by atoms with van der Waals surface area (Å²) in [5, 5.41) is 0.856. The smallest absolute Gasteiger partial charge is 0.195 e. The SMILES string of the molecule is COc1ccc2c(C(=O)c3ccc(OCC(C)Cl)cc3)c(-c3ccccc3)sc2c1. The Kier molecular flexibility index (Phi) is 6.07. The van der Waals surface area contributed by atoms with Gasteiger partial charge in [-0.15, -0.1) is 22.9 Å². The number of carbonyl (C=O) groups excluding carboxylic acids is 1. The van der Waals surface area contributed by atoms with Crippen LogP contribution in [0.25, 0.3) is 20.5 Å². The summed E-state index contributed by atoms with van der Waals surface area (Å²) in [6.45, 7) is 2.30. The molecule has 3 nitrogen and oxygen atoms in total. The number of hydrogen-bond acceptors (Lipinski definition) is 4. The zero-order chi connectivity index (χ0) is 21.1. The van der Waals surface area contributed by atoms with Gasteiger partial charge in [0, 0.05) is 26.1 Å². The average Bonchev–Trinajstić information content (AvgIpc) is 3.16. The molecular formula is C25H21ClO3S. The van der Waals surface area contributed by atoms with Crippen LogP contribution in [0.2, 0.25) is 0 Å². The summed E-state index contributed by atoms with van der Waals surface area (Å²) < 4.78 is 12.0. The van der Waals surface area contributed by atoms with E-state index < -0.39 is 0 Å². The lowest BCUT2D eigenvalue weighted by atomic mass is 9.97. The third-order valence-electron chi connectivity index (χ3n) is 4.76. The second kappa shape index (κ2) is 8.90. The van der Waals surface area contributed by atoms with Crippen LogP contribution in [0.3, 0.4) is 0 Å². The van der Waals surface area contributed by atoms with Gasteiger partial charge in [0.15, 0.2) is 5.78 Å². The first-order valence-electron chi connectivity index (χ1n) is 9.64. The molecule has 152 valence electrons. The molecule has 1 aromatic heterocycles. The average molecular weight is 437 g/mol. The Morgan fingerprint density at radius 1 is 1.00 bits per heavy atom. The number of fused-ring (bicyclic) bond motifs is 1. The summed E-state index contributed by atoms with van der Waals surface area (Å²) in [5.74, 6) is 1.46. The van der Waals surface area contributed by atoms with Crippen molar-refractivity contribution in [3.05, 3.63) is 83.9 Å². The number of carbonyl (C=O) groups is 1. The van der Waals surface area contributed by atoms with Crippen LogP contribution in [0.15, 0.2) is 72.8 Å². The first-order valence-corrected chi connectivity index (χ1v) is 10.9. The minimum absolute atomic E-state index is 0.0115. The van der Waals surface area contributed by atoms with Crippen molar-refractivity contribution >= 4 is 38.8 Å². The maximum atomic E-state index is 13.6. The standard InChI is InChI=1S/C25H21ClO3S/c1-16(26)15-29-19-10-8-17(9-11-19)24(27)23-21-13-12-20(28-2)14-22(21)30-25(23)18-6-4-3-5-7-18/h3-14,16H,15H2,1-2H3. The first kappa shape index (κ1) is 20.5. The van der Waals surface area contributed by atoms with Crippen molar-refractivity contribution in [2.24, 2.45) is 0 Å². The van der Waals surface area contributed by atoms with E-state index in [0.717, 1.165) is 26.3 Å². The van der Waals surface area contributed by atoms with Gasteiger partial charge in [0.25, 0.3) is 0 Å². The Bertz CT molecular complexity index is 1160. The fourth-order valence-electron chi connectivity index (χ4n) is 3.28. The fourth-order valence-corrected chi connectivity index (χ4v) is 4.58. The van der Waals surface area contributed by atoms with Gasteiger partial charge < -0.3 is 9.47 Å². The molecule has 0 aliphatic rings. The highest BCUT2D eigenvalue weighted by atomic mass is 35.5. The summed E-state index contributed by atoms with van der Waals surface area (Å²) in [4.78, 5) is 14.5. The number of methoxy groups -OCH3 is 1. The van der Waals surface area contributed by atoms with Crippen LogP contribution in [0.5, 0.6) is 11.5 Å². The third kappa shape index (κ3) is 4.20. The molecule has 5 heteroatoms. The van der Waals surface area contributed by atoms with E-state index in [1.54, 1.807) is 30.6 Å². The molecule has 0 amide bonds. The van der Waals surface area contributed by atoms with Crippen molar-refractivity contribution in [3.8, 4) is 21.9 Å². The molecule has 1 heterocycles. The molecule has 0 aliphatic heterocycles. The Morgan fingerprint density at radius 3 is 2.37 bits per heavy atom. The molecule has 4 aromatic rings. The highest BCUT2D eigenvalue weighted by Crippen LogP contribution is 2.41. The van der Waals surface area contributed by atoms with E-state index in [0.29, 0.717) is 23.5 Å². The lowest BCUT2D eigenvalue weighted by Gasteiger charge is -2.09. The molecule has 30 heavy (non-hydrogen) atoms. The van der Waals surface area contributed by atoms with Crippen LogP contribution in [-0.4, -0.2) is 24.9 Å². The van der Waals surface area contributed by atoms with E-state index in [-0.39, 0.29) is 11.2 Å². The van der Waals surface area contributed by atoms with Gasteiger partial charge in [0.2, 0.25) is 0 Å². The van der Waals surface area contributed by atoms with Crippen LogP contribution < -0.4 is 9.47 Å². The maximum Gasteiger partial charge on any atom is 0.195 e. The number of hydrogen-bond donors (Lipinski definition) is 0. The minimum atomic E-state index is -0.0751. The van der Waals surface area contributed by atoms with Crippen LogP contribution in [0.4, 0.5) is 0 Å². The van der Waals surface area contributed by atoms with E-state index in [2.05, 4.69) is 0 Å². The van der Waals surface area contributed by atoms with Crippen molar-refractivity contribution in [1.29, 1.82) is 0 Å². The Labute approximate surface area is 184 Å². The minimum Gasteiger partial charge on any atom is -0.497 e. The topological polar surface area (TPSA) is 35.5 Å². The van der Waals surface area contributed by atoms with E-state index in [4.69, 9.17) is 21.1 Å². The van der Waals surface area contributed by atoms with Gasteiger partial charge in [0.05, 0.1) is 12.5 Å². The van der Waals surface area contributed by atoms with Crippen molar-refractivity contribution < 1.29 is 14.3 Å². The lowest BCUT2D eigenvalue weighted by Crippen LogP contribution is -2.07. The van der Waals surface area contributed by atoms with Gasteiger partial charge in [-0.3, -0.25) is 4.79 Å². The molecule has 0 aliphatic carbocycles. The molecule has 4 rings (SSSR count). The Hall–Kier alpha value is -2.82. The van der Waals surface area contributed by atoms with E-state index in [9.17, 15) is 4.79 Å². The molecule has 0 N–H and O–H groups in total. The molecule has 3 aromatic carbocycles. The molecule has 0 bridgehead atoms. The second-order valence-electron chi connectivity index (χ2n) is 6.98. The summed E-state index contributed by atoms with van der Waals surface area (Å²) in [6, 6.07) is 23.1. The second-order valence-corrected chi connectivity index (χ2v) is 8.78. The van der Waals surface area contributed by atoms with Crippen molar-refractivity contribution in [2.75, 3.05) is 13.7 Å². The monoisotopic (exact) mass is 436 g/mol. The van der Waals surface area contributed by atoms with E-state index in [1.807, 2.05) is 67.6 Å². The van der Waals surface area contributed by atoms with Gasteiger partial charge in [-0.2, -0.15) is 0 Å². The summed E-state index contributed by atoms with van der Waals surface area (Å²) >= 11 is 7.55. The number of thiophene rings is 1. The van der Waals surface area contributed by atoms with Crippen LogP contribution in [-0.2, 0) is 0 Å². The van der Waals surface area contributed by atoms with Gasteiger partial charge in [-0.25, -0.2) is 0 Å². The summed E-state index contributed by atoms with van der Waals surface area (Å²) in [7, 11) is 1.65. The molecule has 0 spiro atoms. The molecule has 1 unspecified atom stereocenters. The van der Waals surface area contributed by atoms with Gasteiger partial charge in [-0.05, 0) is 55.0 Å². The largest absolute Gasteiger partial charge is 0.497 e. The van der Waals surface area contributed by atoms with E-state index >= 15 is 0 Å². The number of benzene rings is 3. The fraction of sp³-hybridized carbons (Fsp3) is 0.160. The predicted molar refractivity (Wildman–Crippen MR) is 124 cm³/mol.